The maximum atomic E-state index is 6.09. The normalized spacial score (nSPS) is 12.3. The number of aliphatic imine (C=N–C) groups is 1. The molecule has 164 valence electrons. The first kappa shape index (κ1) is 22.8. The van der Waals surface area contributed by atoms with Gasteiger partial charge in [0.2, 0.25) is 0 Å². The molecule has 0 unspecified atom stereocenters. The van der Waals surface area contributed by atoms with Gasteiger partial charge >= 0.3 is 0 Å². The number of nitrogens with two attached hydrogens (primary N) is 1. The molecule has 0 bridgehead atoms. The van der Waals surface area contributed by atoms with Crippen LogP contribution in [0.3, 0.4) is 0 Å². The smallest absolute Gasteiger partial charge is 0.168 e. The summed E-state index contributed by atoms with van der Waals surface area (Å²) in [6.07, 6.45) is 7.27. The van der Waals surface area contributed by atoms with E-state index in [9.17, 15) is 0 Å². The summed E-state index contributed by atoms with van der Waals surface area (Å²) in [6.45, 7) is 9.61. The van der Waals surface area contributed by atoms with E-state index < -0.39 is 0 Å². The van der Waals surface area contributed by atoms with Gasteiger partial charge in [-0.15, -0.1) is 0 Å². The zero-order valence-electron chi connectivity index (χ0n) is 18.0. The molecule has 0 fully saturated rings. The number of anilines is 2. The van der Waals surface area contributed by atoms with Crippen LogP contribution in [-0.4, -0.2) is 33.9 Å². The van der Waals surface area contributed by atoms with E-state index in [0.717, 1.165) is 23.6 Å². The zero-order valence-corrected chi connectivity index (χ0v) is 18.8. The van der Waals surface area contributed by atoms with E-state index in [0.29, 0.717) is 27.9 Å². The molecule has 1 aliphatic rings. The molecule has 0 atom stereocenters. The van der Waals surface area contributed by atoms with Crippen LogP contribution in [-0.2, 0) is 0 Å². The average Bonchev–Trinajstić information content (AvgIpc) is 3.17. The predicted octanol–water partition coefficient (Wildman–Crippen LogP) is 4.79. The lowest BCUT2D eigenvalue weighted by molar-refractivity contribution is 0.858. The monoisotopic (exact) mass is 448 g/mol. The summed E-state index contributed by atoms with van der Waals surface area (Å²) in [7, 11) is 2.01. The minimum absolute atomic E-state index is 0.398. The summed E-state index contributed by atoms with van der Waals surface area (Å²) in [5.41, 5.74) is 8.87. The Labute approximate surface area is 192 Å². The van der Waals surface area contributed by atoms with Crippen LogP contribution in [0.5, 0.6) is 0 Å². The highest BCUT2D eigenvalue weighted by molar-refractivity contribution is 6.32. The highest BCUT2D eigenvalue weighted by Crippen LogP contribution is 2.27. The molecule has 9 heteroatoms. The highest BCUT2D eigenvalue weighted by Gasteiger charge is 2.14. The topological polar surface area (TPSA) is 96.7 Å². The number of rotatable bonds is 4. The molecule has 8 nitrogen and oxygen atoms in total. The van der Waals surface area contributed by atoms with E-state index in [1.54, 1.807) is 10.8 Å². The number of benzene rings is 1. The number of nitrogens with zero attached hydrogens (tertiary/aromatic N) is 6. The molecule has 1 aromatic carbocycles. The van der Waals surface area contributed by atoms with E-state index in [4.69, 9.17) is 17.3 Å². The molecular formula is C23H25ClN8. The Kier molecular flexibility index (Phi) is 7.41. The van der Waals surface area contributed by atoms with Crippen molar-refractivity contribution in [3.8, 4) is 0 Å². The van der Waals surface area contributed by atoms with Crippen molar-refractivity contribution >= 4 is 52.9 Å². The fourth-order valence-corrected chi connectivity index (χ4v) is 3.23. The van der Waals surface area contributed by atoms with Crippen LogP contribution >= 0.6 is 11.6 Å². The predicted molar refractivity (Wildman–Crippen MR) is 134 cm³/mol. The van der Waals surface area contributed by atoms with Crippen LogP contribution in [0, 0.1) is 0 Å². The Morgan fingerprint density at radius 2 is 2.03 bits per heavy atom. The third-order valence-electron chi connectivity index (χ3n) is 4.70. The Morgan fingerprint density at radius 1 is 1.28 bits per heavy atom. The zero-order chi connectivity index (χ0) is 23.1. The summed E-state index contributed by atoms with van der Waals surface area (Å²) in [5.74, 6) is 1.91. The fourth-order valence-electron chi connectivity index (χ4n) is 3.01. The van der Waals surface area contributed by atoms with Crippen LogP contribution in [0.1, 0.15) is 24.6 Å². The average molecular weight is 449 g/mol. The van der Waals surface area contributed by atoms with Crippen molar-refractivity contribution in [1.82, 2.24) is 20.0 Å². The van der Waals surface area contributed by atoms with Gasteiger partial charge in [-0.25, -0.2) is 19.6 Å². The number of fused-ring (bicyclic) bond motifs is 1. The number of hydrogen-bond acceptors (Lipinski definition) is 6. The number of para-hydroxylation sites is 1. The number of aromatic nitrogens is 3. The Bertz CT molecular complexity index is 1160. The second-order valence-electron chi connectivity index (χ2n) is 6.70. The van der Waals surface area contributed by atoms with Crippen molar-refractivity contribution in [2.75, 3.05) is 17.7 Å². The summed E-state index contributed by atoms with van der Waals surface area (Å²) < 4.78 is 1.76. The van der Waals surface area contributed by atoms with E-state index in [2.05, 4.69) is 62.5 Å². The second-order valence-corrected chi connectivity index (χ2v) is 7.11. The van der Waals surface area contributed by atoms with Gasteiger partial charge in [0, 0.05) is 31.0 Å². The van der Waals surface area contributed by atoms with Gasteiger partial charge in [-0.3, -0.25) is 0 Å². The van der Waals surface area contributed by atoms with Crippen molar-refractivity contribution in [2.45, 2.75) is 13.3 Å². The van der Waals surface area contributed by atoms with Crippen LogP contribution in [0.4, 0.5) is 17.3 Å². The van der Waals surface area contributed by atoms with Gasteiger partial charge in [0.25, 0.3) is 0 Å². The van der Waals surface area contributed by atoms with Crippen LogP contribution in [0.15, 0.2) is 72.2 Å². The van der Waals surface area contributed by atoms with E-state index in [1.165, 1.54) is 12.7 Å². The largest absolute Gasteiger partial charge is 0.383 e. The van der Waals surface area contributed by atoms with Gasteiger partial charge < -0.3 is 16.0 Å². The van der Waals surface area contributed by atoms with Crippen LogP contribution in [0.2, 0.25) is 5.02 Å². The van der Waals surface area contributed by atoms with Gasteiger partial charge in [-0.1, -0.05) is 49.9 Å². The quantitative estimate of drug-likeness (QED) is 0.442. The lowest BCUT2D eigenvalue weighted by atomic mass is 10.2. The van der Waals surface area contributed by atoms with Crippen molar-refractivity contribution < 1.29 is 0 Å². The van der Waals surface area contributed by atoms with Crippen molar-refractivity contribution in [1.29, 1.82) is 0 Å². The molecule has 3 heterocycles. The Hall–Kier alpha value is -3.91. The lowest BCUT2D eigenvalue weighted by Gasteiger charge is -2.20. The minimum atomic E-state index is 0.398. The molecule has 0 aliphatic carbocycles. The van der Waals surface area contributed by atoms with Gasteiger partial charge in [-0.05, 0) is 24.3 Å². The molecule has 0 radical (unpaired) electrons. The van der Waals surface area contributed by atoms with Gasteiger partial charge in [-0.2, -0.15) is 5.10 Å². The van der Waals surface area contributed by atoms with Gasteiger partial charge in [0.05, 0.1) is 22.6 Å². The minimum Gasteiger partial charge on any atom is -0.383 e. The first-order chi connectivity index (χ1) is 15.5. The van der Waals surface area contributed by atoms with Crippen molar-refractivity contribution in [3.05, 3.63) is 78.4 Å². The summed E-state index contributed by atoms with van der Waals surface area (Å²) >= 11 is 6.09. The Balaban J connectivity index is 0.000000204. The number of nitrogens with one attached hydrogen (secondary N) is 1. The molecular weight excluding hydrogens is 424 g/mol. The molecule has 2 aromatic heterocycles. The lowest BCUT2D eigenvalue weighted by Crippen LogP contribution is -2.26. The molecule has 3 N–H and O–H groups in total. The Morgan fingerprint density at radius 3 is 2.69 bits per heavy atom. The number of amidine groups is 1. The molecule has 0 saturated heterocycles. The highest BCUT2D eigenvalue weighted by atomic mass is 35.5. The summed E-state index contributed by atoms with van der Waals surface area (Å²) in [4.78, 5) is 13.8. The first-order valence-corrected chi connectivity index (χ1v) is 10.3. The maximum absolute atomic E-state index is 6.09. The summed E-state index contributed by atoms with van der Waals surface area (Å²) in [6, 6.07) is 12.0. The molecule has 0 spiro atoms. The first-order valence-electron chi connectivity index (χ1n) is 9.91. The molecule has 3 aromatic rings. The van der Waals surface area contributed by atoms with Gasteiger partial charge in [0.15, 0.2) is 5.82 Å². The molecule has 32 heavy (non-hydrogen) atoms. The number of nitrogen functional groups attached to an aromatic ring is 1. The van der Waals surface area contributed by atoms with Crippen molar-refractivity contribution in [3.63, 3.8) is 0 Å². The van der Waals surface area contributed by atoms with Crippen molar-refractivity contribution in [2.24, 2.45) is 10.1 Å². The molecule has 1 aliphatic heterocycles. The van der Waals surface area contributed by atoms with Gasteiger partial charge in [0.1, 0.15) is 18.0 Å². The fraction of sp³-hybridized carbons (Fsp3) is 0.130. The van der Waals surface area contributed by atoms with E-state index in [1.807, 2.05) is 37.5 Å². The number of halogens is 1. The molecule has 4 rings (SSSR count). The van der Waals surface area contributed by atoms with Crippen LogP contribution in [0.25, 0.3) is 11.8 Å². The van der Waals surface area contributed by atoms with E-state index >= 15 is 0 Å². The SMILES string of the molecule is C=C1NC=Nc2ncnc(N)c21.C=Cc1c(Cl)ccn1/N=C(/CC)N(C)c1ccccc1. The second kappa shape index (κ2) is 10.4. The van der Waals surface area contributed by atoms with Crippen LogP contribution < -0.4 is 16.0 Å². The third-order valence-corrected chi connectivity index (χ3v) is 5.02. The third kappa shape index (κ3) is 5.04. The molecule has 0 amide bonds. The number of hydrogen-bond donors (Lipinski definition) is 2. The standard InChI is InChI=1S/C16H18ClN3.C7H7N5/c1-4-15-14(17)11-12-20(15)18-16(5-2)19(3)13-9-7-6-8-10-13;1-4-5-6(8)10-3-12-7(5)11-2-9-4/h4,6-12H,1,5H2,2-3H3;2-3H,1H2,(H3,8,9,10,11,12)/b18-16-;. The summed E-state index contributed by atoms with van der Waals surface area (Å²) in [5, 5.41) is 8.14. The molecule has 0 saturated carbocycles. The maximum Gasteiger partial charge on any atom is 0.168 e. The van der Waals surface area contributed by atoms with E-state index in [-0.39, 0.29) is 0 Å².